The van der Waals surface area contributed by atoms with Crippen LogP contribution in [0.5, 0.6) is 0 Å². The van der Waals surface area contributed by atoms with E-state index >= 15 is 0 Å². The van der Waals surface area contributed by atoms with Crippen LogP contribution in [0.3, 0.4) is 0 Å². The van der Waals surface area contributed by atoms with E-state index in [0.29, 0.717) is 0 Å². The van der Waals surface area contributed by atoms with Crippen LogP contribution >= 0.6 is 240 Å². The van der Waals surface area contributed by atoms with Gasteiger partial charge in [-0.2, -0.15) is 0 Å². The number of carbonyl (C=O) groups is 4. The topological polar surface area (TPSA) is 1160 Å². The van der Waals surface area contributed by atoms with Gasteiger partial charge in [-0.05, 0) is 0 Å². The molecule has 580 valence electrons. The third kappa shape index (κ3) is 387. The molecule has 0 saturated heterocycles. The van der Waals surface area contributed by atoms with Gasteiger partial charge in [-0.15, -0.1) is 240 Å². The molecule has 0 saturated carbocycles. The molecule has 0 aliphatic rings. The Kier molecular flexibility index (Phi) is 253. The average molecular weight is 2540 g/mol. The maximum absolute atomic E-state index is 11.3. The fourth-order valence-electron chi connectivity index (χ4n) is 1.81. The molecule has 4 unspecified atom stereocenters. The molecule has 77 heteroatoms. The molecule has 54 nitrogen and oxygen atoms in total. The van der Waals surface area contributed by atoms with Crippen molar-refractivity contribution in [2.24, 2.45) is 11.5 Å². The van der Waals surface area contributed by atoms with E-state index in [9.17, 15) is 19.2 Å². The van der Waals surface area contributed by atoms with Crippen LogP contribution in [0.4, 0.5) is 0 Å². The van der Waals surface area contributed by atoms with E-state index in [1.807, 2.05) is 0 Å². The molecule has 0 aliphatic carbocycles. The normalized spacial score (nSPS) is 9.33. The Balaban J connectivity index is -0.0000000255. The number of carbonyl (C=O) groups excluding carboxylic acids is 4. The van der Waals surface area contributed by atoms with Crippen LogP contribution in [0.15, 0.2) is 0 Å². The van der Waals surface area contributed by atoms with E-state index in [-0.39, 0.29) is 296 Å². The van der Waals surface area contributed by atoms with Gasteiger partial charge in [-0.1, -0.05) is 0 Å². The van der Waals surface area contributed by atoms with Gasteiger partial charge < -0.3 is 254 Å². The van der Waals surface area contributed by atoms with Crippen molar-refractivity contribution in [3.63, 3.8) is 0 Å². The largest absolute Gasteiger partial charge is 1.00 e. The molecule has 16 N–H and O–H groups in total. The molecule has 95 heavy (non-hydrogen) atoms. The summed E-state index contributed by atoms with van der Waals surface area (Å²) < 4.78 is 0. The van der Waals surface area contributed by atoms with Crippen LogP contribution in [0.2, 0.25) is 0 Å². The summed E-state index contributed by atoms with van der Waals surface area (Å²) in [6.45, 7) is -3.00. The van der Waals surface area contributed by atoms with Crippen LogP contribution in [0.25, 0.3) is 0 Å². The smallest absolute Gasteiger partial charge is 0.907 e. The predicted molar refractivity (Wildman–Crippen MR) is 344 cm³/mol. The fraction of sp³-hybridized carbons (Fsp3) is 0.778. The fourth-order valence-corrected chi connectivity index (χ4v) is 1.81. The number of amides is 4. The first-order chi connectivity index (χ1) is 37.6. The minimum atomic E-state index is -2.92. The zero-order valence-electron chi connectivity index (χ0n) is 46.2. The van der Waals surface area contributed by atoms with Gasteiger partial charge in [0, 0.05) is 26.2 Å². The van der Waals surface area contributed by atoms with Gasteiger partial charge in [0.2, 0.25) is 23.6 Å². The number of hydrogen-bond donors (Lipinski definition) is 14. The van der Waals surface area contributed by atoms with Crippen molar-refractivity contribution in [2.75, 3.05) is 52.6 Å². The van der Waals surface area contributed by atoms with Crippen LogP contribution < -0.4 is 243 Å². The number of aliphatic hydroxyl groups is 8. The van der Waals surface area contributed by atoms with Crippen molar-refractivity contribution in [2.45, 2.75) is 36.5 Å². The summed E-state index contributed by atoms with van der Waals surface area (Å²) in [4.78, 5) is 45.3. The van der Waals surface area contributed by atoms with Crippen molar-refractivity contribution >= 4 is 351 Å². The molecule has 0 aromatic carbocycles. The molecule has 0 rings (SSSR count). The predicted octanol–water partition coefficient (Wildman–Crippen LogP) is -53.7. The number of aliphatic hydroxyl groups excluding tert-OH is 8. The Bertz CT molecular complexity index is 1050. The second-order valence-electron chi connectivity index (χ2n) is 10.7. The first-order valence-electron chi connectivity index (χ1n) is 19.1. The SMILES string of the molecule is I.I.I.I.I.I.I.I.I.I.NC(C(=O)NCC(O)CO)C(=O)NCC(O)CO.NC(C(=O)NCC(O)CO)C(=O)NCC(O)CO.[Na+].[O-]B([O-])[O-].[O-]B([O-])[O-].[O-]B([O-])[O-].[O-]B([O-])[O-].[O-]B([O-])[O-].[O-]B([O-])[O-].[O-]B([O-])[O-].[O-]B([O-])[O-].[O-]B([O-])[O-].[O-]B([O-])[O-].[O-]B([O-])[O-].[O-]B([O-])[O-]. The van der Waals surface area contributed by atoms with Crippen LogP contribution in [0.1, 0.15) is 0 Å². The number of halogens is 10. The number of hydrogen-bond acceptors (Lipinski definition) is 50. The second-order valence-corrected chi connectivity index (χ2v) is 10.7. The van der Waals surface area contributed by atoms with E-state index in [2.05, 4.69) is 21.3 Å². The van der Waals surface area contributed by atoms with E-state index in [1.54, 1.807) is 0 Å². The third-order valence-electron chi connectivity index (χ3n) is 4.02. The molecule has 0 fully saturated rings. The molecule has 0 aromatic rings. The molecule has 0 spiro atoms. The minimum absolute atomic E-state index is 0. The molecule has 4 amide bonds. The standard InChI is InChI=1S/2C9H19N3O6.12BO3.10HI.Na/c2*10-7(8(17)11-1-5(15)3-13)9(18)12-2-6(16)4-14;12*2-1(3)4;;;;;;;;;;;/h2*5-7,13-16H,1-4,10H2,(H,11,17)(H,12,18);;;;;;;;;;;;;10*1H;/q;;12*-3;;;;;;;;;;;+1. The van der Waals surface area contributed by atoms with Gasteiger partial charge in [-0.3, -0.25) is 107 Å². The summed E-state index contributed by atoms with van der Waals surface area (Å²) in [5.41, 5.74) is 10.6. The van der Waals surface area contributed by atoms with Crippen molar-refractivity contribution in [1.82, 2.24) is 21.3 Å². The molecule has 0 aromatic heterocycles. The van der Waals surface area contributed by atoms with Crippen molar-refractivity contribution in [3.8, 4) is 0 Å². The molecule has 0 heterocycles. The first-order valence-corrected chi connectivity index (χ1v) is 19.1. The molecular weight excluding hydrogens is 2490 g/mol. The zero-order chi connectivity index (χ0) is 71.2. The third-order valence-corrected chi connectivity index (χ3v) is 4.02. The minimum Gasteiger partial charge on any atom is -0.907 e. The van der Waals surface area contributed by atoms with E-state index in [0.717, 1.165) is 0 Å². The second kappa shape index (κ2) is 138. The summed E-state index contributed by atoms with van der Waals surface area (Å²) in [6, 6.07) is -3.00. The summed E-state index contributed by atoms with van der Waals surface area (Å²) in [5.74, 6) is -3.28. The number of rotatable bonds is 16. The molecular formula is C18H48B12I10N6NaO48-35. The quantitative estimate of drug-likeness (QED) is 0.0388. The maximum atomic E-state index is 11.3. The Morgan fingerprint density at radius 2 is 0.305 bits per heavy atom. The van der Waals surface area contributed by atoms with Crippen LogP contribution in [-0.4, -0.2) is 241 Å². The summed E-state index contributed by atoms with van der Waals surface area (Å²) in [5, 5.41) is 382. The number of nitrogens with one attached hydrogen (secondary N) is 4. The average Bonchev–Trinajstić information content (AvgIpc) is 3.27. The zero-order valence-corrected chi connectivity index (χ0v) is 71.5. The van der Waals surface area contributed by atoms with E-state index in [4.69, 9.17) is 233 Å². The monoisotopic (exact) mass is 2540 g/mol. The first kappa shape index (κ1) is 174. The molecule has 4 atom stereocenters. The molecule has 0 aliphatic heterocycles. The summed E-state index contributed by atoms with van der Waals surface area (Å²) in [7, 11) is -35.0. The van der Waals surface area contributed by atoms with Gasteiger partial charge in [0.15, 0.2) is 12.1 Å². The van der Waals surface area contributed by atoms with Gasteiger partial charge in [-0.25, -0.2) is 0 Å². The van der Waals surface area contributed by atoms with Crippen molar-refractivity contribution < 1.29 is 270 Å². The van der Waals surface area contributed by atoms with Gasteiger partial charge in [0.1, 0.15) is 0 Å². The Morgan fingerprint density at radius 1 is 0.242 bits per heavy atom. The van der Waals surface area contributed by atoms with Crippen molar-refractivity contribution in [1.29, 1.82) is 0 Å². The van der Waals surface area contributed by atoms with Gasteiger partial charge in [0.25, 0.3) is 0 Å². The van der Waals surface area contributed by atoms with E-state index < -0.39 is 174 Å². The Labute approximate surface area is 733 Å². The van der Waals surface area contributed by atoms with E-state index in [1.165, 1.54) is 0 Å². The summed E-state index contributed by atoms with van der Waals surface area (Å²) in [6.07, 6.45) is -4.50. The van der Waals surface area contributed by atoms with Crippen LogP contribution in [0, 0.1) is 0 Å². The molecule has 0 bridgehead atoms. The number of nitrogens with two attached hydrogens (primary N) is 2. The summed E-state index contributed by atoms with van der Waals surface area (Å²) >= 11 is 0. The Morgan fingerprint density at radius 3 is 0.358 bits per heavy atom. The van der Waals surface area contributed by atoms with Gasteiger partial charge in [0.05, 0.1) is 50.8 Å². The maximum Gasteiger partial charge on any atom is 1.00 e. The Hall–Kier alpha value is 5.12. The molecule has 0 radical (unpaired) electrons. The van der Waals surface area contributed by atoms with Crippen LogP contribution in [-0.2, 0) is 19.2 Å². The van der Waals surface area contributed by atoms with Crippen molar-refractivity contribution in [3.05, 3.63) is 0 Å². The van der Waals surface area contributed by atoms with Gasteiger partial charge >= 0.3 is 29.6 Å².